The van der Waals surface area contributed by atoms with Crippen LogP contribution < -0.4 is 5.32 Å². The summed E-state index contributed by atoms with van der Waals surface area (Å²) in [6.45, 7) is 9.96. The standard InChI is InChI=1S/C18H26N2O3/c1-5-20(6-2)18(4)12-13(3)19-15(18)17(22)23-16(21)14-10-8-7-9-11-14/h7-11,13,15,19H,5-6,12H2,1-4H3/t13?,15-,18?/m1/s1. The van der Waals surface area contributed by atoms with Crippen molar-refractivity contribution >= 4 is 11.9 Å². The van der Waals surface area contributed by atoms with Gasteiger partial charge in [0.2, 0.25) is 0 Å². The smallest absolute Gasteiger partial charge is 0.345 e. The Hall–Kier alpha value is -1.72. The largest absolute Gasteiger partial charge is 0.388 e. The molecule has 1 saturated heterocycles. The highest BCUT2D eigenvalue weighted by molar-refractivity contribution is 5.98. The maximum atomic E-state index is 12.6. The molecule has 1 fully saturated rings. The molecule has 0 bridgehead atoms. The van der Waals surface area contributed by atoms with Crippen LogP contribution in [-0.2, 0) is 9.53 Å². The number of hydrogen-bond acceptors (Lipinski definition) is 5. The zero-order chi connectivity index (χ0) is 17.0. The number of hydrogen-bond donors (Lipinski definition) is 1. The van der Waals surface area contributed by atoms with Gasteiger partial charge in [-0.1, -0.05) is 32.0 Å². The first kappa shape index (κ1) is 17.6. The van der Waals surface area contributed by atoms with E-state index in [9.17, 15) is 9.59 Å². The average Bonchev–Trinajstić information content (AvgIpc) is 2.84. The van der Waals surface area contributed by atoms with Crippen molar-refractivity contribution in [3.05, 3.63) is 35.9 Å². The van der Waals surface area contributed by atoms with Crippen molar-refractivity contribution in [1.29, 1.82) is 0 Å². The number of benzene rings is 1. The molecule has 1 aliphatic heterocycles. The number of ether oxygens (including phenoxy) is 1. The molecule has 5 heteroatoms. The summed E-state index contributed by atoms with van der Waals surface area (Å²) in [5.74, 6) is -1.10. The van der Waals surface area contributed by atoms with Crippen LogP contribution in [0.15, 0.2) is 30.3 Å². The van der Waals surface area contributed by atoms with Gasteiger partial charge in [0.15, 0.2) is 0 Å². The third kappa shape index (κ3) is 3.62. The van der Waals surface area contributed by atoms with Crippen molar-refractivity contribution < 1.29 is 14.3 Å². The van der Waals surface area contributed by atoms with Crippen LogP contribution in [0.5, 0.6) is 0 Å². The van der Waals surface area contributed by atoms with Crippen LogP contribution in [0.2, 0.25) is 0 Å². The van der Waals surface area contributed by atoms with E-state index in [1.807, 2.05) is 13.0 Å². The van der Waals surface area contributed by atoms with Gasteiger partial charge in [0.05, 0.1) is 5.56 Å². The summed E-state index contributed by atoms with van der Waals surface area (Å²) in [5, 5.41) is 3.28. The van der Waals surface area contributed by atoms with Crippen molar-refractivity contribution in [1.82, 2.24) is 10.2 Å². The first-order valence-electron chi connectivity index (χ1n) is 8.24. The van der Waals surface area contributed by atoms with Gasteiger partial charge in [-0.25, -0.2) is 9.59 Å². The zero-order valence-electron chi connectivity index (χ0n) is 14.3. The van der Waals surface area contributed by atoms with Gasteiger partial charge in [0.25, 0.3) is 0 Å². The molecule has 2 rings (SSSR count). The van der Waals surface area contributed by atoms with Crippen molar-refractivity contribution in [3.63, 3.8) is 0 Å². The molecule has 5 nitrogen and oxygen atoms in total. The lowest BCUT2D eigenvalue weighted by atomic mass is 9.89. The number of nitrogens with one attached hydrogen (secondary N) is 1. The summed E-state index contributed by atoms with van der Waals surface area (Å²) in [6.07, 6.45) is 0.841. The van der Waals surface area contributed by atoms with Gasteiger partial charge in [-0.3, -0.25) is 4.90 Å². The van der Waals surface area contributed by atoms with Crippen molar-refractivity contribution in [2.45, 2.75) is 51.7 Å². The fraction of sp³-hybridized carbons (Fsp3) is 0.556. The topological polar surface area (TPSA) is 58.6 Å². The Morgan fingerprint density at radius 3 is 2.43 bits per heavy atom. The van der Waals surface area contributed by atoms with Crippen LogP contribution in [0.3, 0.4) is 0 Å². The second kappa shape index (κ2) is 7.23. The van der Waals surface area contributed by atoms with E-state index < -0.39 is 18.0 Å². The predicted octanol–water partition coefficient (Wildman–Crippen LogP) is 2.22. The van der Waals surface area contributed by atoms with Crippen LogP contribution in [-0.4, -0.2) is 47.6 Å². The van der Waals surface area contributed by atoms with Gasteiger partial charge in [0.1, 0.15) is 6.04 Å². The second-order valence-electron chi connectivity index (χ2n) is 6.31. The van der Waals surface area contributed by atoms with Gasteiger partial charge in [-0.15, -0.1) is 0 Å². The summed E-state index contributed by atoms with van der Waals surface area (Å²) in [4.78, 5) is 27.0. The molecule has 0 saturated carbocycles. The molecule has 1 aliphatic rings. The van der Waals surface area contributed by atoms with Crippen molar-refractivity contribution in [2.24, 2.45) is 0 Å². The Morgan fingerprint density at radius 2 is 1.87 bits per heavy atom. The predicted molar refractivity (Wildman–Crippen MR) is 89.2 cm³/mol. The first-order valence-corrected chi connectivity index (χ1v) is 8.24. The highest BCUT2D eigenvalue weighted by Crippen LogP contribution is 2.32. The number of carbonyl (C=O) groups is 2. The normalized spacial score (nSPS) is 27.2. The lowest BCUT2D eigenvalue weighted by molar-refractivity contribution is -0.143. The van der Waals surface area contributed by atoms with Gasteiger partial charge in [-0.2, -0.15) is 0 Å². The minimum atomic E-state index is -0.598. The SMILES string of the molecule is CCN(CC)C1(C)CC(C)N[C@@H]1C(=O)OC(=O)c1ccccc1. The monoisotopic (exact) mass is 318 g/mol. The van der Waals surface area contributed by atoms with E-state index in [-0.39, 0.29) is 11.6 Å². The maximum absolute atomic E-state index is 12.6. The van der Waals surface area contributed by atoms with Crippen LogP contribution in [0.1, 0.15) is 44.5 Å². The van der Waals surface area contributed by atoms with Crippen LogP contribution in [0, 0.1) is 0 Å². The Bertz CT molecular complexity index is 557. The molecular formula is C18H26N2O3. The van der Waals surface area contributed by atoms with Crippen LogP contribution in [0.4, 0.5) is 0 Å². The van der Waals surface area contributed by atoms with E-state index in [1.54, 1.807) is 24.3 Å². The van der Waals surface area contributed by atoms with E-state index in [0.717, 1.165) is 19.5 Å². The second-order valence-corrected chi connectivity index (χ2v) is 6.31. The summed E-state index contributed by atoms with van der Waals surface area (Å²) in [6, 6.07) is 8.29. The first-order chi connectivity index (χ1) is 10.9. The van der Waals surface area contributed by atoms with E-state index in [4.69, 9.17) is 4.74 Å². The van der Waals surface area contributed by atoms with Gasteiger partial charge in [-0.05, 0) is 45.5 Å². The molecule has 1 N–H and O–H groups in total. The lowest BCUT2D eigenvalue weighted by Gasteiger charge is -2.40. The zero-order valence-corrected chi connectivity index (χ0v) is 14.3. The fourth-order valence-corrected chi connectivity index (χ4v) is 3.62. The molecule has 3 atom stereocenters. The summed E-state index contributed by atoms with van der Waals surface area (Å²) >= 11 is 0. The molecule has 0 aromatic heterocycles. The number of rotatable bonds is 5. The molecule has 1 heterocycles. The van der Waals surface area contributed by atoms with Crippen LogP contribution >= 0.6 is 0 Å². The van der Waals surface area contributed by atoms with E-state index >= 15 is 0 Å². The lowest BCUT2D eigenvalue weighted by Crippen LogP contribution is -2.58. The van der Waals surface area contributed by atoms with Gasteiger partial charge >= 0.3 is 11.9 Å². The molecule has 2 unspecified atom stereocenters. The molecule has 0 amide bonds. The highest BCUT2D eigenvalue weighted by atomic mass is 16.6. The van der Waals surface area contributed by atoms with Crippen molar-refractivity contribution in [2.75, 3.05) is 13.1 Å². The number of nitrogens with zero attached hydrogens (tertiary/aromatic N) is 1. The number of esters is 2. The minimum absolute atomic E-state index is 0.199. The number of likely N-dealkylation sites (N-methyl/N-ethyl adjacent to an activating group) is 1. The molecule has 126 valence electrons. The van der Waals surface area contributed by atoms with Gasteiger partial charge < -0.3 is 10.1 Å². The Morgan fingerprint density at radius 1 is 1.26 bits per heavy atom. The van der Waals surface area contributed by atoms with Crippen molar-refractivity contribution in [3.8, 4) is 0 Å². The van der Waals surface area contributed by atoms with E-state index in [0.29, 0.717) is 5.56 Å². The molecule has 0 aliphatic carbocycles. The third-order valence-electron chi connectivity index (χ3n) is 4.72. The third-order valence-corrected chi connectivity index (χ3v) is 4.72. The quantitative estimate of drug-likeness (QED) is 0.666. The average molecular weight is 318 g/mol. The maximum Gasteiger partial charge on any atom is 0.345 e. The molecule has 23 heavy (non-hydrogen) atoms. The summed E-state index contributed by atoms with van der Waals surface area (Å²) in [5.41, 5.74) is 0.0354. The number of carbonyl (C=O) groups excluding carboxylic acids is 2. The Labute approximate surface area is 138 Å². The molecule has 1 aromatic carbocycles. The highest BCUT2D eigenvalue weighted by Gasteiger charge is 2.50. The summed E-state index contributed by atoms with van der Waals surface area (Å²) < 4.78 is 5.14. The summed E-state index contributed by atoms with van der Waals surface area (Å²) in [7, 11) is 0. The van der Waals surface area contributed by atoms with Gasteiger partial charge in [0, 0.05) is 11.6 Å². The van der Waals surface area contributed by atoms with E-state index in [2.05, 4.69) is 31.0 Å². The molecule has 0 radical (unpaired) electrons. The minimum Gasteiger partial charge on any atom is -0.388 e. The fourth-order valence-electron chi connectivity index (χ4n) is 3.62. The van der Waals surface area contributed by atoms with Crippen LogP contribution in [0.25, 0.3) is 0 Å². The molecule has 0 spiro atoms. The Balaban J connectivity index is 2.15. The molecular weight excluding hydrogens is 292 g/mol. The molecule has 1 aromatic rings. The Kier molecular flexibility index (Phi) is 5.55. The van der Waals surface area contributed by atoms with E-state index in [1.165, 1.54) is 0 Å².